The quantitative estimate of drug-likeness (QED) is 0.136. The molecule has 262 valence electrons. The van der Waals surface area contributed by atoms with Gasteiger partial charge in [0.2, 0.25) is 12.1 Å². The first kappa shape index (κ1) is 35.1. The fourth-order valence-corrected chi connectivity index (χ4v) is 6.51. The molecule has 4 aromatic carbocycles. The van der Waals surface area contributed by atoms with Crippen LogP contribution in [0.4, 0.5) is 4.79 Å². The minimum absolute atomic E-state index is 0.0215. The molecule has 3 amide bonds. The molecule has 0 saturated carbocycles. The molecule has 0 radical (unpaired) electrons. The Morgan fingerprint density at radius 1 is 0.863 bits per heavy atom. The Bertz CT molecular complexity index is 1900. The lowest BCUT2D eigenvalue weighted by atomic mass is 9.84. The lowest BCUT2D eigenvalue weighted by Gasteiger charge is -2.54. The van der Waals surface area contributed by atoms with E-state index in [4.69, 9.17) is 9.47 Å². The molecule has 0 spiro atoms. The Hall–Kier alpha value is -5.74. The molecule has 0 bridgehead atoms. The van der Waals surface area contributed by atoms with E-state index in [1.165, 1.54) is 11.3 Å². The van der Waals surface area contributed by atoms with Crippen molar-refractivity contribution in [3.8, 4) is 5.75 Å². The van der Waals surface area contributed by atoms with E-state index < -0.39 is 28.2 Å². The lowest BCUT2D eigenvalue weighted by molar-refractivity contribution is -0.989. The third kappa shape index (κ3) is 8.02. The Morgan fingerprint density at radius 2 is 1.47 bits per heavy atom. The molecule has 51 heavy (non-hydrogen) atoms. The number of quaternary nitrogens is 1. The SMILES string of the molecule is CC(C)(CNC(=O)C(Cc1ccc(OCc2ccccc2)cc1)[N+]1(C)C(=O)[C@H](Cc2cnc[nH]2)N1C(=O)OCc1ccccc1)c1ccccc1. The number of likely N-dealkylation sites (N-methyl/N-ethyl adjacent to an activating group) is 1. The highest BCUT2D eigenvalue weighted by atomic mass is 16.6. The fraction of sp³-hybridized carbons (Fsp3) is 0.268. The summed E-state index contributed by atoms with van der Waals surface area (Å²) in [6, 6.07) is 34.9. The Balaban J connectivity index is 1.28. The highest BCUT2D eigenvalue weighted by Crippen LogP contribution is 2.36. The molecule has 0 aliphatic carbocycles. The minimum atomic E-state index is -0.984. The summed E-state index contributed by atoms with van der Waals surface area (Å²) in [7, 11) is 1.62. The predicted molar refractivity (Wildman–Crippen MR) is 193 cm³/mol. The van der Waals surface area contributed by atoms with Gasteiger partial charge in [0.25, 0.3) is 5.91 Å². The van der Waals surface area contributed by atoms with Crippen molar-refractivity contribution in [1.29, 1.82) is 0 Å². The third-order valence-electron chi connectivity index (χ3n) is 9.60. The maximum Gasteiger partial charge on any atom is 0.456 e. The van der Waals surface area contributed by atoms with E-state index in [1.807, 2.05) is 115 Å². The Kier molecular flexibility index (Phi) is 10.6. The maximum absolute atomic E-state index is 14.4. The number of imidazole rings is 1. The maximum atomic E-state index is 14.4. The number of hydrogen-bond donors (Lipinski definition) is 2. The van der Waals surface area contributed by atoms with Crippen LogP contribution in [0.1, 0.15) is 41.8 Å². The predicted octanol–water partition coefficient (Wildman–Crippen LogP) is 6.15. The van der Waals surface area contributed by atoms with E-state index in [-0.39, 0.29) is 31.3 Å². The van der Waals surface area contributed by atoms with Crippen LogP contribution in [-0.2, 0) is 45.8 Å². The van der Waals surface area contributed by atoms with E-state index in [0.717, 1.165) is 22.3 Å². The van der Waals surface area contributed by atoms with Crippen molar-refractivity contribution < 1.29 is 28.4 Å². The van der Waals surface area contributed by atoms with Crippen LogP contribution in [0.15, 0.2) is 128 Å². The molecule has 1 saturated heterocycles. The van der Waals surface area contributed by atoms with Crippen molar-refractivity contribution in [3.63, 3.8) is 0 Å². The number of amides is 3. The summed E-state index contributed by atoms with van der Waals surface area (Å²) in [4.78, 5) is 49.8. The first-order valence-corrected chi connectivity index (χ1v) is 17.1. The number of rotatable bonds is 14. The number of carbonyl (C=O) groups is 3. The number of H-pyrrole nitrogens is 1. The number of benzene rings is 4. The zero-order chi connectivity index (χ0) is 35.8. The van der Waals surface area contributed by atoms with Gasteiger partial charge in [0.1, 0.15) is 19.0 Å². The van der Waals surface area contributed by atoms with E-state index in [1.54, 1.807) is 13.2 Å². The number of aromatic nitrogens is 2. The van der Waals surface area contributed by atoms with Gasteiger partial charge in [0.15, 0.2) is 0 Å². The second kappa shape index (κ2) is 15.4. The summed E-state index contributed by atoms with van der Waals surface area (Å²) in [6.07, 6.45) is 2.86. The number of aromatic amines is 1. The van der Waals surface area contributed by atoms with Crippen molar-refractivity contribution in [1.82, 2.24) is 20.3 Å². The summed E-state index contributed by atoms with van der Waals surface area (Å²) >= 11 is 0. The molecule has 2 N–H and O–H groups in total. The van der Waals surface area contributed by atoms with Crippen molar-refractivity contribution in [2.24, 2.45) is 0 Å². The first-order valence-electron chi connectivity index (χ1n) is 17.1. The van der Waals surface area contributed by atoms with E-state index in [0.29, 0.717) is 24.6 Å². The summed E-state index contributed by atoms with van der Waals surface area (Å²) < 4.78 is 11.2. The van der Waals surface area contributed by atoms with Gasteiger partial charge in [-0.15, -0.1) is 9.60 Å². The number of nitrogens with one attached hydrogen (secondary N) is 2. The van der Waals surface area contributed by atoms with Crippen LogP contribution in [0.25, 0.3) is 0 Å². The van der Waals surface area contributed by atoms with Gasteiger partial charge in [-0.1, -0.05) is 117 Å². The normalized spacial score (nSPS) is 17.7. The third-order valence-corrected chi connectivity index (χ3v) is 9.60. The number of hydrogen-bond acceptors (Lipinski definition) is 6. The molecular formula is C41H44N5O5+. The molecule has 2 unspecified atom stereocenters. The van der Waals surface area contributed by atoms with Gasteiger partial charge in [0.05, 0.1) is 13.4 Å². The molecule has 6 rings (SSSR count). The highest BCUT2D eigenvalue weighted by Gasteiger charge is 2.68. The fourth-order valence-electron chi connectivity index (χ4n) is 6.51. The number of nitrogens with zero attached hydrogens (tertiary/aromatic N) is 3. The molecule has 10 nitrogen and oxygen atoms in total. The molecule has 5 aromatic rings. The topological polar surface area (TPSA) is 114 Å². The van der Waals surface area contributed by atoms with E-state index in [2.05, 4.69) is 29.1 Å². The first-order chi connectivity index (χ1) is 24.6. The van der Waals surface area contributed by atoms with Crippen LogP contribution >= 0.6 is 0 Å². The Morgan fingerprint density at radius 3 is 2.08 bits per heavy atom. The molecule has 1 aromatic heterocycles. The molecule has 1 aliphatic rings. The van der Waals surface area contributed by atoms with Crippen molar-refractivity contribution in [2.45, 2.75) is 57.4 Å². The smallest absolute Gasteiger partial charge is 0.456 e. The summed E-state index contributed by atoms with van der Waals surface area (Å²) in [5.41, 5.74) is 4.04. The van der Waals surface area contributed by atoms with E-state index >= 15 is 0 Å². The average Bonchev–Trinajstić information content (AvgIpc) is 3.69. The second-order valence-electron chi connectivity index (χ2n) is 13.7. The monoisotopic (exact) mass is 686 g/mol. The van der Waals surface area contributed by atoms with Crippen LogP contribution < -0.4 is 10.1 Å². The molecule has 10 heteroatoms. The molecule has 1 fully saturated rings. The molecule has 3 atom stereocenters. The van der Waals surface area contributed by atoms with Crippen LogP contribution in [0.3, 0.4) is 0 Å². The van der Waals surface area contributed by atoms with Crippen LogP contribution in [0.5, 0.6) is 5.75 Å². The van der Waals surface area contributed by atoms with Crippen LogP contribution in [0, 0.1) is 0 Å². The number of carbonyl (C=O) groups excluding carboxylic acids is 3. The standard InChI is InChI=1S/C41H43N5O5/c1-41(2,33-17-11-6-12-18-33)28-43-38(47)37(23-30-19-21-35(22-20-30)50-26-31-13-7-4-8-14-31)46(3)39(48)36(24-34-25-42-29-44-34)45(46)40(49)51-27-32-15-9-5-10-16-32/h4-22,25,29,36-37H,23-24,26-28H2,1-3H3,(H-,42,43,44,47)/p+1/t36-,37?,46?/m0/s1. The molecular weight excluding hydrogens is 642 g/mol. The molecule has 1 aliphatic heterocycles. The van der Waals surface area contributed by atoms with Gasteiger partial charge in [0, 0.05) is 36.7 Å². The average molecular weight is 687 g/mol. The highest BCUT2D eigenvalue weighted by molar-refractivity contribution is 5.91. The van der Waals surface area contributed by atoms with Crippen molar-refractivity contribution >= 4 is 17.9 Å². The number of ether oxygens (including phenoxy) is 2. The molecule has 2 heterocycles. The van der Waals surface area contributed by atoms with Crippen molar-refractivity contribution in [2.75, 3.05) is 13.6 Å². The van der Waals surface area contributed by atoms with Gasteiger partial charge in [-0.25, -0.2) is 14.6 Å². The minimum Gasteiger partial charge on any atom is -0.489 e. The van der Waals surface area contributed by atoms with E-state index in [9.17, 15) is 14.4 Å². The van der Waals surface area contributed by atoms with Gasteiger partial charge < -0.3 is 19.8 Å². The Labute approximate surface area is 298 Å². The van der Waals surface area contributed by atoms with Gasteiger partial charge in [-0.2, -0.15) is 0 Å². The second-order valence-corrected chi connectivity index (χ2v) is 13.7. The summed E-state index contributed by atoms with van der Waals surface area (Å²) in [5, 5.41) is 4.54. The van der Waals surface area contributed by atoms with Gasteiger partial charge >= 0.3 is 12.0 Å². The summed E-state index contributed by atoms with van der Waals surface area (Å²) in [6.45, 7) is 4.88. The van der Waals surface area contributed by atoms with Gasteiger partial charge in [-0.05, 0) is 34.4 Å². The van der Waals surface area contributed by atoms with Gasteiger partial charge in [-0.3, -0.25) is 4.79 Å². The largest absolute Gasteiger partial charge is 0.489 e. The zero-order valence-corrected chi connectivity index (χ0v) is 29.2. The zero-order valence-electron chi connectivity index (χ0n) is 29.2. The van der Waals surface area contributed by atoms with Crippen molar-refractivity contribution in [3.05, 3.63) is 156 Å². The van der Waals surface area contributed by atoms with Crippen LogP contribution in [0.2, 0.25) is 0 Å². The lowest BCUT2D eigenvalue weighted by Crippen LogP contribution is -2.85. The van der Waals surface area contributed by atoms with Crippen LogP contribution in [-0.4, -0.2) is 63.2 Å². The summed E-state index contributed by atoms with van der Waals surface area (Å²) in [5.74, 6) is 0.0611.